The molecule has 0 amide bonds. The first kappa shape index (κ1) is 12.9. The van der Waals surface area contributed by atoms with Crippen LogP contribution in [0.4, 0.5) is 4.39 Å². The van der Waals surface area contributed by atoms with E-state index in [2.05, 4.69) is 9.97 Å². The molecule has 19 heavy (non-hydrogen) atoms. The van der Waals surface area contributed by atoms with E-state index < -0.39 is 5.97 Å². The van der Waals surface area contributed by atoms with E-state index in [0.717, 1.165) is 6.08 Å². The molecule has 2 rings (SSSR count). The fourth-order valence-electron chi connectivity index (χ4n) is 1.62. The molecule has 1 heterocycles. The quantitative estimate of drug-likeness (QED) is 0.860. The van der Waals surface area contributed by atoms with Crippen LogP contribution in [0.1, 0.15) is 11.5 Å². The lowest BCUT2D eigenvalue weighted by molar-refractivity contribution is -0.131. The van der Waals surface area contributed by atoms with E-state index in [1.807, 2.05) is 0 Å². The van der Waals surface area contributed by atoms with Crippen LogP contribution >= 0.6 is 0 Å². The van der Waals surface area contributed by atoms with Crippen molar-refractivity contribution in [2.24, 2.45) is 0 Å². The molecule has 0 radical (unpaired) electrons. The van der Waals surface area contributed by atoms with Gasteiger partial charge in [-0.05, 0) is 31.2 Å². The van der Waals surface area contributed by atoms with E-state index in [9.17, 15) is 9.18 Å². The summed E-state index contributed by atoms with van der Waals surface area (Å²) >= 11 is 0. The van der Waals surface area contributed by atoms with Crippen molar-refractivity contribution in [2.75, 3.05) is 0 Å². The number of hydrogen-bond acceptors (Lipinski definition) is 3. The van der Waals surface area contributed by atoms with Crippen LogP contribution in [-0.4, -0.2) is 21.0 Å². The van der Waals surface area contributed by atoms with Crippen LogP contribution in [0.3, 0.4) is 0 Å². The molecule has 0 atom stereocenters. The summed E-state index contributed by atoms with van der Waals surface area (Å²) < 4.78 is 13.7. The number of carbonyl (C=O) groups is 1. The van der Waals surface area contributed by atoms with E-state index in [0.29, 0.717) is 17.0 Å². The van der Waals surface area contributed by atoms with Gasteiger partial charge in [0.25, 0.3) is 0 Å². The predicted molar refractivity (Wildman–Crippen MR) is 68.8 cm³/mol. The normalized spacial score (nSPS) is 10.8. The first-order valence-electron chi connectivity index (χ1n) is 5.58. The smallest absolute Gasteiger partial charge is 0.328 e. The number of halogens is 1. The Bertz CT molecular complexity index is 654. The summed E-state index contributed by atoms with van der Waals surface area (Å²) in [4.78, 5) is 18.7. The molecule has 5 heteroatoms. The number of carboxylic acid groups (broad SMARTS) is 1. The average Bonchev–Trinajstić information content (AvgIpc) is 2.36. The molecule has 2 aromatic rings. The zero-order valence-electron chi connectivity index (χ0n) is 10.2. The molecule has 0 bridgehead atoms. The molecule has 0 saturated carbocycles. The number of rotatable bonds is 3. The first-order valence-corrected chi connectivity index (χ1v) is 5.58. The standard InChI is InChI=1S/C14H11FN2O2/c1-9-8-12(10-4-2-3-5-11(10)15)17-13(16-9)6-7-14(18)19/h2-8H,1H3,(H,18,19)/b7-6+. The second-order valence-corrected chi connectivity index (χ2v) is 3.90. The SMILES string of the molecule is Cc1cc(-c2ccccc2F)nc(/C=C/C(=O)O)n1. The molecular weight excluding hydrogens is 247 g/mol. The van der Waals surface area contributed by atoms with Gasteiger partial charge in [-0.1, -0.05) is 12.1 Å². The molecule has 0 spiro atoms. The molecule has 0 saturated heterocycles. The van der Waals surface area contributed by atoms with Gasteiger partial charge in [-0.3, -0.25) is 0 Å². The predicted octanol–water partition coefficient (Wildman–Crippen LogP) is 2.69. The third-order valence-corrected chi connectivity index (χ3v) is 2.40. The summed E-state index contributed by atoms with van der Waals surface area (Å²) in [6, 6.07) is 7.92. The van der Waals surface area contributed by atoms with Gasteiger partial charge in [0.2, 0.25) is 0 Å². The Labute approximate surface area is 109 Å². The third kappa shape index (κ3) is 3.22. The number of benzene rings is 1. The Hall–Kier alpha value is -2.56. The van der Waals surface area contributed by atoms with Crippen molar-refractivity contribution in [3.8, 4) is 11.3 Å². The fourth-order valence-corrected chi connectivity index (χ4v) is 1.62. The Balaban J connectivity index is 2.48. The molecule has 96 valence electrons. The highest BCUT2D eigenvalue weighted by Crippen LogP contribution is 2.21. The maximum Gasteiger partial charge on any atom is 0.328 e. The monoisotopic (exact) mass is 258 g/mol. The molecule has 1 N–H and O–H groups in total. The van der Waals surface area contributed by atoms with Crippen LogP contribution in [0.15, 0.2) is 36.4 Å². The summed E-state index contributed by atoms with van der Waals surface area (Å²) in [7, 11) is 0. The van der Waals surface area contributed by atoms with Crippen molar-refractivity contribution < 1.29 is 14.3 Å². The second kappa shape index (κ2) is 5.39. The van der Waals surface area contributed by atoms with Crippen molar-refractivity contribution in [3.05, 3.63) is 53.7 Å². The van der Waals surface area contributed by atoms with Crippen LogP contribution < -0.4 is 0 Å². The Kier molecular flexibility index (Phi) is 3.66. The van der Waals surface area contributed by atoms with E-state index in [1.54, 1.807) is 31.2 Å². The van der Waals surface area contributed by atoms with Gasteiger partial charge in [0, 0.05) is 17.3 Å². The van der Waals surface area contributed by atoms with Crippen molar-refractivity contribution in [3.63, 3.8) is 0 Å². The van der Waals surface area contributed by atoms with Crippen LogP contribution in [0.5, 0.6) is 0 Å². The molecule has 0 aliphatic heterocycles. The topological polar surface area (TPSA) is 63.1 Å². The van der Waals surface area contributed by atoms with Gasteiger partial charge in [0.15, 0.2) is 5.82 Å². The summed E-state index contributed by atoms with van der Waals surface area (Å²) in [5, 5.41) is 8.57. The minimum atomic E-state index is -1.09. The Morgan fingerprint density at radius 3 is 2.74 bits per heavy atom. The van der Waals surface area contributed by atoms with Crippen LogP contribution in [0, 0.1) is 12.7 Å². The summed E-state index contributed by atoms with van der Waals surface area (Å²) in [6.45, 7) is 1.74. The number of aryl methyl sites for hydroxylation is 1. The minimum Gasteiger partial charge on any atom is -0.478 e. The molecule has 1 aromatic carbocycles. The van der Waals surface area contributed by atoms with Gasteiger partial charge in [-0.2, -0.15) is 0 Å². The summed E-state index contributed by atoms with van der Waals surface area (Å²) in [5.74, 6) is -1.23. The number of aliphatic carboxylic acids is 1. The minimum absolute atomic E-state index is 0.237. The molecule has 4 nitrogen and oxygen atoms in total. The van der Waals surface area contributed by atoms with E-state index in [1.165, 1.54) is 12.1 Å². The number of carboxylic acids is 1. The van der Waals surface area contributed by atoms with E-state index >= 15 is 0 Å². The van der Waals surface area contributed by atoms with Crippen LogP contribution in [-0.2, 0) is 4.79 Å². The average molecular weight is 258 g/mol. The van der Waals surface area contributed by atoms with E-state index in [4.69, 9.17) is 5.11 Å². The molecule has 0 fully saturated rings. The lowest BCUT2D eigenvalue weighted by Gasteiger charge is -2.04. The lowest BCUT2D eigenvalue weighted by Crippen LogP contribution is -1.96. The summed E-state index contributed by atoms with van der Waals surface area (Å²) in [5.41, 5.74) is 1.42. The number of aromatic nitrogens is 2. The second-order valence-electron chi connectivity index (χ2n) is 3.90. The van der Waals surface area contributed by atoms with Gasteiger partial charge in [0.1, 0.15) is 5.82 Å². The van der Waals surface area contributed by atoms with Gasteiger partial charge in [-0.15, -0.1) is 0 Å². The lowest BCUT2D eigenvalue weighted by atomic mass is 10.1. The molecule has 0 unspecified atom stereocenters. The highest BCUT2D eigenvalue weighted by atomic mass is 19.1. The zero-order chi connectivity index (χ0) is 13.8. The van der Waals surface area contributed by atoms with Crippen LogP contribution in [0.25, 0.3) is 17.3 Å². The van der Waals surface area contributed by atoms with Crippen molar-refractivity contribution in [1.29, 1.82) is 0 Å². The maximum atomic E-state index is 13.7. The van der Waals surface area contributed by atoms with Gasteiger partial charge >= 0.3 is 5.97 Å². The fraction of sp³-hybridized carbons (Fsp3) is 0.0714. The first-order chi connectivity index (χ1) is 9.06. The van der Waals surface area contributed by atoms with Crippen molar-refractivity contribution in [2.45, 2.75) is 6.92 Å². The largest absolute Gasteiger partial charge is 0.478 e. The van der Waals surface area contributed by atoms with E-state index in [-0.39, 0.29) is 11.6 Å². The highest BCUT2D eigenvalue weighted by molar-refractivity contribution is 5.84. The van der Waals surface area contributed by atoms with Crippen molar-refractivity contribution >= 4 is 12.0 Å². The number of nitrogens with zero attached hydrogens (tertiary/aromatic N) is 2. The van der Waals surface area contributed by atoms with Gasteiger partial charge in [0.05, 0.1) is 5.69 Å². The molecular formula is C14H11FN2O2. The Morgan fingerprint density at radius 1 is 1.32 bits per heavy atom. The van der Waals surface area contributed by atoms with Gasteiger partial charge in [-0.25, -0.2) is 19.2 Å². The summed E-state index contributed by atoms with van der Waals surface area (Å²) in [6.07, 6.45) is 2.22. The molecule has 0 aliphatic carbocycles. The molecule has 1 aromatic heterocycles. The van der Waals surface area contributed by atoms with Crippen molar-refractivity contribution in [1.82, 2.24) is 9.97 Å². The van der Waals surface area contributed by atoms with Crippen LogP contribution in [0.2, 0.25) is 0 Å². The molecule has 0 aliphatic rings. The zero-order valence-corrected chi connectivity index (χ0v) is 10.2. The third-order valence-electron chi connectivity index (χ3n) is 2.40. The number of hydrogen-bond donors (Lipinski definition) is 1. The Morgan fingerprint density at radius 2 is 2.05 bits per heavy atom. The highest BCUT2D eigenvalue weighted by Gasteiger charge is 2.07. The maximum absolute atomic E-state index is 13.7. The van der Waals surface area contributed by atoms with Gasteiger partial charge < -0.3 is 5.11 Å².